The summed E-state index contributed by atoms with van der Waals surface area (Å²) in [5.41, 5.74) is 13.0. The van der Waals surface area contributed by atoms with E-state index < -0.39 is 0 Å². The maximum atomic E-state index is 6.87. The molecule has 0 spiro atoms. The lowest BCUT2D eigenvalue weighted by atomic mass is 9.58. The van der Waals surface area contributed by atoms with Crippen LogP contribution in [0.25, 0.3) is 5.57 Å². The van der Waals surface area contributed by atoms with Crippen LogP contribution >= 0.6 is 0 Å². The normalized spacial score (nSPS) is 33.7. The van der Waals surface area contributed by atoms with E-state index in [9.17, 15) is 0 Å². The van der Waals surface area contributed by atoms with Crippen molar-refractivity contribution >= 4 is 5.57 Å². The Balaban J connectivity index is 1.03. The highest BCUT2D eigenvalue weighted by atomic mass is 16.5. The van der Waals surface area contributed by atoms with Gasteiger partial charge in [-0.3, -0.25) is 0 Å². The van der Waals surface area contributed by atoms with Crippen LogP contribution in [-0.2, 0) is 0 Å². The molecule has 3 aromatic carbocycles. The smallest absolute Gasteiger partial charge is 0.135 e. The van der Waals surface area contributed by atoms with Gasteiger partial charge in [-0.05, 0) is 95.4 Å². The fraction of sp³-hybridized carbons (Fsp3) is 0.292. The first-order valence-electron chi connectivity index (χ1n) is 19.0. The monoisotopic (exact) mass is 650 g/mol. The molecular formula is C48H42O2. The third-order valence-corrected chi connectivity index (χ3v) is 13.1. The van der Waals surface area contributed by atoms with Gasteiger partial charge in [-0.1, -0.05) is 133 Å². The number of allylic oxidation sites excluding steroid dienone is 13. The summed E-state index contributed by atoms with van der Waals surface area (Å²) >= 11 is 0. The number of para-hydroxylation sites is 2. The molecule has 9 atom stereocenters. The molecule has 11 rings (SSSR count). The zero-order valence-corrected chi connectivity index (χ0v) is 28.3. The Kier molecular flexibility index (Phi) is 6.58. The van der Waals surface area contributed by atoms with Gasteiger partial charge in [-0.25, -0.2) is 0 Å². The van der Waals surface area contributed by atoms with Crippen molar-refractivity contribution in [3.8, 4) is 11.5 Å². The zero-order valence-electron chi connectivity index (χ0n) is 28.3. The summed E-state index contributed by atoms with van der Waals surface area (Å²) in [4.78, 5) is 0. The third-order valence-electron chi connectivity index (χ3n) is 13.1. The summed E-state index contributed by atoms with van der Waals surface area (Å²) in [6.45, 7) is 0. The number of benzene rings is 3. The average molecular weight is 651 g/mol. The summed E-state index contributed by atoms with van der Waals surface area (Å²) in [6.07, 6.45) is 32.9. The van der Waals surface area contributed by atoms with Gasteiger partial charge in [-0.2, -0.15) is 0 Å². The first-order chi connectivity index (χ1) is 24.8. The lowest BCUT2D eigenvalue weighted by Crippen LogP contribution is -2.39. The minimum absolute atomic E-state index is 0.0391. The molecule has 0 amide bonds. The largest absolute Gasteiger partial charge is 0.488 e. The van der Waals surface area contributed by atoms with Crippen LogP contribution in [0.3, 0.4) is 0 Å². The second kappa shape index (κ2) is 11.4. The Morgan fingerprint density at radius 2 is 1.48 bits per heavy atom. The Morgan fingerprint density at radius 3 is 2.40 bits per heavy atom. The van der Waals surface area contributed by atoms with Crippen LogP contribution in [0.5, 0.6) is 11.5 Å². The molecule has 2 heterocycles. The Morgan fingerprint density at radius 1 is 0.660 bits per heavy atom. The molecule has 6 aliphatic carbocycles. The van der Waals surface area contributed by atoms with E-state index in [-0.39, 0.29) is 24.0 Å². The highest BCUT2D eigenvalue weighted by Crippen LogP contribution is 2.58. The Bertz CT molecular complexity index is 2160. The van der Waals surface area contributed by atoms with Crippen molar-refractivity contribution in [3.63, 3.8) is 0 Å². The predicted molar refractivity (Wildman–Crippen MR) is 201 cm³/mol. The summed E-state index contributed by atoms with van der Waals surface area (Å²) in [5, 5.41) is 0. The maximum Gasteiger partial charge on any atom is 0.135 e. The summed E-state index contributed by atoms with van der Waals surface area (Å²) in [5.74, 6) is 4.69. The van der Waals surface area contributed by atoms with Crippen molar-refractivity contribution in [3.05, 3.63) is 184 Å². The summed E-state index contributed by atoms with van der Waals surface area (Å²) in [7, 11) is 0. The number of hydrogen-bond donors (Lipinski definition) is 0. The van der Waals surface area contributed by atoms with E-state index in [2.05, 4.69) is 140 Å². The topological polar surface area (TPSA) is 18.5 Å². The lowest BCUT2D eigenvalue weighted by Gasteiger charge is -2.46. The van der Waals surface area contributed by atoms with Gasteiger partial charge in [0, 0.05) is 28.9 Å². The lowest BCUT2D eigenvalue weighted by molar-refractivity contribution is 0.122. The second-order valence-corrected chi connectivity index (χ2v) is 15.5. The number of fused-ring (bicyclic) bond motifs is 10. The van der Waals surface area contributed by atoms with E-state index in [0.29, 0.717) is 29.6 Å². The van der Waals surface area contributed by atoms with E-state index in [0.717, 1.165) is 24.3 Å². The molecule has 3 aromatic rings. The second-order valence-electron chi connectivity index (χ2n) is 15.5. The average Bonchev–Trinajstić information content (AvgIpc) is 3.75. The number of rotatable bonds is 3. The van der Waals surface area contributed by atoms with Crippen LogP contribution in [0.2, 0.25) is 0 Å². The van der Waals surface area contributed by atoms with Gasteiger partial charge in [-0.15, -0.1) is 0 Å². The molecule has 0 aromatic heterocycles. The van der Waals surface area contributed by atoms with Crippen molar-refractivity contribution in [2.45, 2.75) is 62.1 Å². The molecule has 0 bridgehead atoms. The zero-order chi connectivity index (χ0) is 32.8. The molecule has 9 unspecified atom stereocenters. The summed E-state index contributed by atoms with van der Waals surface area (Å²) in [6, 6.07) is 26.7. The van der Waals surface area contributed by atoms with Crippen molar-refractivity contribution in [1.29, 1.82) is 0 Å². The number of ether oxygens (including phenoxy) is 2. The molecule has 2 heteroatoms. The molecule has 0 N–H and O–H groups in total. The van der Waals surface area contributed by atoms with Gasteiger partial charge >= 0.3 is 0 Å². The number of hydrogen-bond acceptors (Lipinski definition) is 2. The Hall–Kier alpha value is -4.82. The third kappa shape index (κ3) is 4.27. The minimum Gasteiger partial charge on any atom is -0.488 e. The van der Waals surface area contributed by atoms with Gasteiger partial charge in [0.1, 0.15) is 23.7 Å². The molecule has 2 aliphatic heterocycles. The van der Waals surface area contributed by atoms with Crippen LogP contribution in [0.1, 0.15) is 72.1 Å². The molecule has 50 heavy (non-hydrogen) atoms. The van der Waals surface area contributed by atoms with Gasteiger partial charge in [0.15, 0.2) is 0 Å². The first kappa shape index (κ1) is 29.0. The van der Waals surface area contributed by atoms with Gasteiger partial charge in [0.2, 0.25) is 0 Å². The van der Waals surface area contributed by atoms with Crippen LogP contribution < -0.4 is 9.47 Å². The van der Waals surface area contributed by atoms with E-state index in [1.54, 1.807) is 22.3 Å². The Labute approximate surface area is 295 Å². The fourth-order valence-corrected chi connectivity index (χ4v) is 11.1. The van der Waals surface area contributed by atoms with Crippen molar-refractivity contribution in [2.24, 2.45) is 23.7 Å². The van der Waals surface area contributed by atoms with E-state index in [4.69, 9.17) is 9.47 Å². The SMILES string of the molecule is C1=CC(C2c3ccccc3C(C3C=C(C4=CC5c6ccccc6OC5C5c6ccccc6OC45)C=CC3)=C3C=CCCC32)C2C=CCCC2=C1. The molecule has 2 nitrogen and oxygen atoms in total. The standard InChI is InChI=1S/C48H42O2/c1-2-17-32-29(13-1)14-12-24-34(32)45-37-21-5-3-19-35(37)44(36-20-4-6-22-38(36)45)31-16-11-15-30(27-31)40-28-41-33-18-7-9-25-42(33)49-48(41)46-39-23-8-10-26-43(39)50-47(40)46/h2-5,7-12,14-15,17-21,23-28,31-32,34,38,41,45-48H,1,6,13,16,22H2. The van der Waals surface area contributed by atoms with Crippen molar-refractivity contribution in [1.82, 2.24) is 0 Å². The molecule has 0 saturated heterocycles. The van der Waals surface area contributed by atoms with Crippen LogP contribution in [0.4, 0.5) is 0 Å². The van der Waals surface area contributed by atoms with Crippen LogP contribution in [-0.4, -0.2) is 12.2 Å². The van der Waals surface area contributed by atoms with Crippen LogP contribution in [0.15, 0.2) is 162 Å². The summed E-state index contributed by atoms with van der Waals surface area (Å²) < 4.78 is 13.6. The molecule has 0 fully saturated rings. The fourth-order valence-electron chi connectivity index (χ4n) is 11.1. The molecule has 0 radical (unpaired) electrons. The quantitative estimate of drug-likeness (QED) is 0.263. The minimum atomic E-state index is -0.0653. The van der Waals surface area contributed by atoms with Gasteiger partial charge < -0.3 is 9.47 Å². The highest BCUT2D eigenvalue weighted by molar-refractivity contribution is 5.80. The van der Waals surface area contributed by atoms with E-state index in [1.807, 2.05) is 0 Å². The molecule has 246 valence electrons. The maximum absolute atomic E-state index is 6.87. The first-order valence-corrected chi connectivity index (χ1v) is 19.0. The van der Waals surface area contributed by atoms with E-state index >= 15 is 0 Å². The van der Waals surface area contributed by atoms with Gasteiger partial charge in [0.05, 0.1) is 5.92 Å². The molecular weight excluding hydrogens is 609 g/mol. The highest BCUT2D eigenvalue weighted by Gasteiger charge is 2.52. The van der Waals surface area contributed by atoms with Crippen LogP contribution in [0, 0.1) is 23.7 Å². The van der Waals surface area contributed by atoms with Crippen molar-refractivity contribution in [2.75, 3.05) is 0 Å². The van der Waals surface area contributed by atoms with Crippen molar-refractivity contribution < 1.29 is 9.47 Å². The van der Waals surface area contributed by atoms with Gasteiger partial charge in [0.25, 0.3) is 0 Å². The molecule has 0 saturated carbocycles. The molecule has 8 aliphatic rings. The van der Waals surface area contributed by atoms with E-state index in [1.165, 1.54) is 47.1 Å². The predicted octanol–water partition coefficient (Wildman–Crippen LogP) is 11.1.